The quantitative estimate of drug-likeness (QED) is 0.249. The number of carbonyl (C=O) groups is 2. The third kappa shape index (κ3) is 11.1. The number of hydrogen-bond acceptors (Lipinski definition) is 5. The van der Waals surface area contributed by atoms with Crippen molar-refractivity contribution in [2.24, 2.45) is 0 Å². The number of para-hydroxylation sites is 1. The van der Waals surface area contributed by atoms with Crippen LogP contribution >= 0.6 is 0 Å². The van der Waals surface area contributed by atoms with Crippen molar-refractivity contribution < 1.29 is 14.3 Å². The summed E-state index contributed by atoms with van der Waals surface area (Å²) in [6.45, 7) is 12.0. The largest absolute Gasteiger partial charge is 0.492 e. The molecule has 0 bridgehead atoms. The van der Waals surface area contributed by atoms with E-state index in [9.17, 15) is 9.59 Å². The molecule has 0 radical (unpaired) electrons. The molecule has 1 aromatic carbocycles. The van der Waals surface area contributed by atoms with Gasteiger partial charge >= 0.3 is 0 Å². The molecule has 0 spiro atoms. The molecule has 0 heterocycles. The smallest absolute Gasteiger partial charge is 0.239 e. The van der Waals surface area contributed by atoms with Crippen molar-refractivity contribution >= 4 is 12.3 Å². The van der Waals surface area contributed by atoms with Crippen LogP contribution in [-0.2, 0) is 16.0 Å². The lowest BCUT2D eigenvalue weighted by atomic mass is 10.1. The average Bonchev–Trinajstić information content (AvgIpc) is 2.72. The van der Waals surface area contributed by atoms with Gasteiger partial charge in [-0.25, -0.2) is 0 Å². The summed E-state index contributed by atoms with van der Waals surface area (Å²) in [4.78, 5) is 22.1. The summed E-state index contributed by atoms with van der Waals surface area (Å²) < 4.78 is 5.98. The summed E-state index contributed by atoms with van der Waals surface area (Å²) in [7, 11) is 0. The fourth-order valence-corrected chi connectivity index (χ4v) is 2.56. The highest BCUT2D eigenvalue weighted by molar-refractivity contribution is 5.78. The van der Waals surface area contributed by atoms with Gasteiger partial charge in [-0.15, -0.1) is 0 Å². The fraction of sp³-hybridized carbons (Fsp3) is 0.545. The molecule has 4 N–H and O–H groups in total. The van der Waals surface area contributed by atoms with Crippen LogP contribution in [0.5, 0.6) is 5.75 Å². The van der Waals surface area contributed by atoms with Crippen LogP contribution in [0.2, 0.25) is 0 Å². The Morgan fingerprint density at radius 1 is 1.21 bits per heavy atom. The molecule has 7 nitrogen and oxygen atoms in total. The van der Waals surface area contributed by atoms with E-state index in [1.54, 1.807) is 0 Å². The summed E-state index contributed by atoms with van der Waals surface area (Å²) in [6.07, 6.45) is 3.34. The van der Waals surface area contributed by atoms with Gasteiger partial charge < -0.3 is 26.0 Å². The van der Waals surface area contributed by atoms with Crippen molar-refractivity contribution in [3.63, 3.8) is 0 Å². The highest BCUT2D eigenvalue weighted by Gasteiger charge is 2.08. The van der Waals surface area contributed by atoms with Gasteiger partial charge in [0, 0.05) is 30.9 Å². The van der Waals surface area contributed by atoms with Gasteiger partial charge in [-0.2, -0.15) is 0 Å². The zero-order valence-corrected chi connectivity index (χ0v) is 17.9. The van der Waals surface area contributed by atoms with Crippen molar-refractivity contribution in [1.82, 2.24) is 21.3 Å². The van der Waals surface area contributed by atoms with Gasteiger partial charge in [-0.3, -0.25) is 9.59 Å². The van der Waals surface area contributed by atoms with E-state index in [1.165, 1.54) is 0 Å². The normalized spacial score (nSPS) is 12.5. The highest BCUT2D eigenvalue weighted by atomic mass is 16.5. The first kappa shape index (κ1) is 24.5. The number of carbonyl (C=O) groups excluding carboxylic acids is 2. The Morgan fingerprint density at radius 3 is 2.69 bits per heavy atom. The molecule has 29 heavy (non-hydrogen) atoms. The van der Waals surface area contributed by atoms with Gasteiger partial charge in [-0.1, -0.05) is 31.7 Å². The van der Waals surface area contributed by atoms with Gasteiger partial charge in [0.05, 0.1) is 6.54 Å². The minimum absolute atomic E-state index is 0.0307. The summed E-state index contributed by atoms with van der Waals surface area (Å²) in [6, 6.07) is 8.25. The molecular weight excluding hydrogens is 368 g/mol. The molecule has 1 rings (SSSR count). The lowest BCUT2D eigenvalue weighted by Crippen LogP contribution is -2.40. The number of hydrogen-bond donors (Lipinski definition) is 4. The number of benzene rings is 1. The summed E-state index contributed by atoms with van der Waals surface area (Å²) >= 11 is 0. The SMILES string of the molecule is C=C(CN[C@@H](C)COc1ccccc1CCCNC=O)NCC(=O)NC(C)CC. The molecule has 7 heteroatoms. The predicted molar refractivity (Wildman–Crippen MR) is 117 cm³/mol. The van der Waals surface area contributed by atoms with Gasteiger partial charge in [0.15, 0.2) is 0 Å². The molecule has 0 aliphatic carbocycles. The third-order valence-electron chi connectivity index (χ3n) is 4.49. The van der Waals surface area contributed by atoms with Crippen molar-refractivity contribution in [2.75, 3.05) is 26.2 Å². The Bertz CT molecular complexity index is 636. The van der Waals surface area contributed by atoms with E-state index >= 15 is 0 Å². The molecule has 0 aliphatic rings. The Kier molecular flexibility index (Phi) is 12.2. The van der Waals surface area contributed by atoms with Crippen LogP contribution in [0.3, 0.4) is 0 Å². The van der Waals surface area contributed by atoms with Crippen LogP contribution in [0.15, 0.2) is 36.5 Å². The zero-order valence-electron chi connectivity index (χ0n) is 17.9. The van der Waals surface area contributed by atoms with E-state index in [4.69, 9.17) is 4.74 Å². The molecule has 2 atom stereocenters. The van der Waals surface area contributed by atoms with Gasteiger partial charge in [-0.05, 0) is 44.7 Å². The molecule has 0 saturated heterocycles. The second-order valence-electron chi connectivity index (χ2n) is 7.21. The van der Waals surface area contributed by atoms with Crippen LogP contribution in [0, 0.1) is 0 Å². The molecule has 0 saturated carbocycles. The van der Waals surface area contributed by atoms with E-state index in [0.717, 1.165) is 42.7 Å². The second kappa shape index (κ2) is 14.5. The van der Waals surface area contributed by atoms with Gasteiger partial charge in [0.25, 0.3) is 0 Å². The predicted octanol–water partition coefficient (Wildman–Crippen LogP) is 1.74. The first-order valence-electron chi connectivity index (χ1n) is 10.3. The van der Waals surface area contributed by atoms with Crippen molar-refractivity contribution in [2.45, 2.75) is 52.1 Å². The van der Waals surface area contributed by atoms with E-state index in [-0.39, 0.29) is 24.5 Å². The zero-order chi connectivity index (χ0) is 21.5. The first-order chi connectivity index (χ1) is 14.0. The number of ether oxygens (including phenoxy) is 1. The lowest BCUT2D eigenvalue weighted by molar-refractivity contribution is -0.120. The Hall–Kier alpha value is -2.54. The first-order valence-corrected chi connectivity index (χ1v) is 10.3. The van der Waals surface area contributed by atoms with Crippen molar-refractivity contribution in [3.8, 4) is 5.75 Å². The average molecular weight is 405 g/mol. The van der Waals surface area contributed by atoms with Crippen molar-refractivity contribution in [3.05, 3.63) is 42.1 Å². The molecular formula is C22H36N4O3. The minimum atomic E-state index is -0.0307. The fourth-order valence-electron chi connectivity index (χ4n) is 2.56. The molecule has 0 fully saturated rings. The number of amides is 2. The molecule has 2 amide bonds. The topological polar surface area (TPSA) is 91.5 Å². The molecule has 1 unspecified atom stereocenters. The Labute approximate surface area is 174 Å². The number of rotatable bonds is 16. The van der Waals surface area contributed by atoms with Crippen LogP contribution in [0.1, 0.15) is 39.2 Å². The lowest BCUT2D eigenvalue weighted by Gasteiger charge is -2.18. The van der Waals surface area contributed by atoms with Gasteiger partial charge in [0.2, 0.25) is 12.3 Å². The highest BCUT2D eigenvalue weighted by Crippen LogP contribution is 2.19. The maximum Gasteiger partial charge on any atom is 0.239 e. The third-order valence-corrected chi connectivity index (χ3v) is 4.49. The van der Waals surface area contributed by atoms with Crippen LogP contribution in [0.4, 0.5) is 0 Å². The number of nitrogens with one attached hydrogen (secondary N) is 4. The summed E-state index contributed by atoms with van der Waals surface area (Å²) in [5.41, 5.74) is 1.89. The molecule has 162 valence electrons. The summed E-state index contributed by atoms with van der Waals surface area (Å²) in [5, 5.41) is 12.0. The van der Waals surface area contributed by atoms with Crippen LogP contribution in [-0.4, -0.2) is 50.6 Å². The van der Waals surface area contributed by atoms with E-state index in [0.29, 0.717) is 19.7 Å². The van der Waals surface area contributed by atoms with Crippen molar-refractivity contribution in [1.29, 1.82) is 0 Å². The number of aryl methyl sites for hydroxylation is 1. The van der Waals surface area contributed by atoms with Gasteiger partial charge in [0.1, 0.15) is 12.4 Å². The molecule has 0 aromatic heterocycles. The Morgan fingerprint density at radius 2 is 1.97 bits per heavy atom. The van der Waals surface area contributed by atoms with E-state index in [2.05, 4.69) is 27.8 Å². The second-order valence-corrected chi connectivity index (χ2v) is 7.21. The van der Waals surface area contributed by atoms with E-state index in [1.807, 2.05) is 45.0 Å². The maximum absolute atomic E-state index is 11.8. The monoisotopic (exact) mass is 404 g/mol. The van der Waals surface area contributed by atoms with Crippen LogP contribution < -0.4 is 26.0 Å². The van der Waals surface area contributed by atoms with Crippen LogP contribution in [0.25, 0.3) is 0 Å². The molecule has 1 aromatic rings. The van der Waals surface area contributed by atoms with E-state index < -0.39 is 0 Å². The maximum atomic E-state index is 11.8. The molecule has 0 aliphatic heterocycles. The standard InChI is InChI=1S/C22H36N4O3/c1-5-17(2)26-22(28)14-25-18(3)13-24-19(4)15-29-21-11-7-6-9-20(21)10-8-12-23-16-27/h6-7,9,11,16-17,19,24-25H,3,5,8,10,12-15H2,1-2,4H3,(H,23,27)(H,26,28)/t17?,19-/m0/s1. The Balaban J connectivity index is 2.29. The minimum Gasteiger partial charge on any atom is -0.492 e. The summed E-state index contributed by atoms with van der Waals surface area (Å²) in [5.74, 6) is 0.836.